The van der Waals surface area contributed by atoms with Crippen molar-refractivity contribution in [3.63, 3.8) is 0 Å². The zero-order valence-electron chi connectivity index (χ0n) is 8.72. The van der Waals surface area contributed by atoms with Gasteiger partial charge in [0.15, 0.2) is 5.78 Å². The van der Waals surface area contributed by atoms with Gasteiger partial charge >= 0.3 is 0 Å². The molecule has 0 atom stereocenters. The first-order valence-corrected chi connectivity index (χ1v) is 4.63. The molecule has 0 N–H and O–H groups in total. The molecule has 70 valence electrons. The first kappa shape index (κ1) is 9.97. The highest BCUT2D eigenvalue weighted by atomic mass is 16.1. The largest absolute Gasteiger partial charge is 0.294 e. The summed E-state index contributed by atoms with van der Waals surface area (Å²) >= 11 is 0. The fraction of sp³-hybridized carbons (Fsp3) is 0.417. The van der Waals surface area contributed by atoms with Crippen LogP contribution in [0.5, 0.6) is 0 Å². The summed E-state index contributed by atoms with van der Waals surface area (Å²) in [7, 11) is 0. The third kappa shape index (κ3) is 2.41. The van der Waals surface area contributed by atoms with E-state index < -0.39 is 0 Å². The topological polar surface area (TPSA) is 17.1 Å². The van der Waals surface area contributed by atoms with Crippen molar-refractivity contribution in [2.24, 2.45) is 5.92 Å². The number of hydrogen-bond donors (Lipinski definition) is 0. The maximum Gasteiger partial charge on any atom is 0.165 e. The first-order valence-electron chi connectivity index (χ1n) is 4.63. The van der Waals surface area contributed by atoms with Gasteiger partial charge in [-0.05, 0) is 26.0 Å². The summed E-state index contributed by atoms with van der Waals surface area (Å²) in [6.07, 6.45) is 0. The summed E-state index contributed by atoms with van der Waals surface area (Å²) in [5, 5.41) is 0. The minimum atomic E-state index is 0.0844. The van der Waals surface area contributed by atoms with Crippen molar-refractivity contribution in [2.45, 2.75) is 27.7 Å². The zero-order valence-corrected chi connectivity index (χ0v) is 8.72. The van der Waals surface area contributed by atoms with Crippen molar-refractivity contribution in [3.8, 4) is 0 Å². The predicted molar refractivity (Wildman–Crippen MR) is 55.1 cm³/mol. The first-order chi connectivity index (χ1) is 6.00. The Hall–Kier alpha value is -1.11. The second-order valence-corrected chi connectivity index (χ2v) is 3.90. The fourth-order valence-electron chi connectivity index (χ4n) is 1.45. The number of hydrogen-bond acceptors (Lipinski definition) is 1. The summed E-state index contributed by atoms with van der Waals surface area (Å²) in [6, 6.07) is 5.99. The highest BCUT2D eigenvalue weighted by Crippen LogP contribution is 2.13. The average Bonchev–Trinajstić information content (AvgIpc) is 2.01. The number of carbonyl (C=O) groups is 1. The standard InChI is InChI=1S/C12H16O/c1-8(2)12(13)11-6-9(3)5-10(4)7-11/h5-8H,1-4H3. The number of Topliss-reactive ketones (excluding diaryl/α,β-unsaturated/α-hetero) is 1. The lowest BCUT2D eigenvalue weighted by atomic mass is 9.98. The monoisotopic (exact) mass is 176 g/mol. The second kappa shape index (κ2) is 3.73. The minimum Gasteiger partial charge on any atom is -0.294 e. The molecule has 0 aromatic heterocycles. The van der Waals surface area contributed by atoms with Gasteiger partial charge in [-0.1, -0.05) is 31.0 Å². The summed E-state index contributed by atoms with van der Waals surface area (Å²) in [5.74, 6) is 0.313. The van der Waals surface area contributed by atoms with Crippen molar-refractivity contribution >= 4 is 5.78 Å². The molecule has 0 aliphatic rings. The lowest BCUT2D eigenvalue weighted by Gasteiger charge is -2.06. The van der Waals surface area contributed by atoms with E-state index in [2.05, 4.69) is 6.07 Å². The summed E-state index contributed by atoms with van der Waals surface area (Å²) in [6.45, 7) is 7.90. The third-order valence-electron chi connectivity index (χ3n) is 2.03. The Morgan fingerprint density at radius 3 is 1.92 bits per heavy atom. The van der Waals surface area contributed by atoms with Gasteiger partial charge in [0.1, 0.15) is 0 Å². The Balaban J connectivity index is 3.08. The van der Waals surface area contributed by atoms with Crippen LogP contribution >= 0.6 is 0 Å². The minimum absolute atomic E-state index is 0.0844. The van der Waals surface area contributed by atoms with E-state index in [0.717, 1.165) is 16.7 Å². The maximum absolute atomic E-state index is 11.6. The van der Waals surface area contributed by atoms with E-state index in [1.54, 1.807) is 0 Å². The molecule has 13 heavy (non-hydrogen) atoms. The normalized spacial score (nSPS) is 10.5. The second-order valence-electron chi connectivity index (χ2n) is 3.90. The lowest BCUT2D eigenvalue weighted by molar-refractivity contribution is 0.0939. The lowest BCUT2D eigenvalue weighted by Crippen LogP contribution is -2.07. The molecule has 0 aliphatic heterocycles. The van der Waals surface area contributed by atoms with Crippen molar-refractivity contribution < 1.29 is 4.79 Å². The summed E-state index contributed by atoms with van der Waals surface area (Å²) in [4.78, 5) is 11.6. The number of ketones is 1. The Labute approximate surface area is 79.8 Å². The molecule has 0 radical (unpaired) electrons. The molecule has 1 aromatic rings. The molecular weight excluding hydrogens is 160 g/mol. The molecule has 0 aliphatic carbocycles. The van der Waals surface area contributed by atoms with Gasteiger partial charge in [0.2, 0.25) is 0 Å². The van der Waals surface area contributed by atoms with Crippen molar-refractivity contribution in [3.05, 3.63) is 34.9 Å². The van der Waals surface area contributed by atoms with E-state index >= 15 is 0 Å². The van der Waals surface area contributed by atoms with E-state index in [0.29, 0.717) is 0 Å². The summed E-state index contributed by atoms with van der Waals surface area (Å²) < 4.78 is 0. The van der Waals surface area contributed by atoms with Gasteiger partial charge in [-0.3, -0.25) is 4.79 Å². The van der Waals surface area contributed by atoms with Gasteiger partial charge in [0, 0.05) is 11.5 Å². The van der Waals surface area contributed by atoms with Crippen LogP contribution in [0.2, 0.25) is 0 Å². The Morgan fingerprint density at radius 2 is 1.54 bits per heavy atom. The van der Waals surface area contributed by atoms with E-state index in [9.17, 15) is 4.79 Å². The third-order valence-corrected chi connectivity index (χ3v) is 2.03. The Bertz CT molecular complexity index is 304. The molecule has 1 heteroatoms. The van der Waals surface area contributed by atoms with Crippen LogP contribution in [0.25, 0.3) is 0 Å². The Kier molecular flexibility index (Phi) is 2.86. The van der Waals surface area contributed by atoms with E-state index in [4.69, 9.17) is 0 Å². The smallest absolute Gasteiger partial charge is 0.165 e. The van der Waals surface area contributed by atoms with Gasteiger partial charge in [0.25, 0.3) is 0 Å². The van der Waals surface area contributed by atoms with Crippen molar-refractivity contribution in [2.75, 3.05) is 0 Å². The van der Waals surface area contributed by atoms with E-state index in [-0.39, 0.29) is 11.7 Å². The van der Waals surface area contributed by atoms with E-state index in [1.807, 2.05) is 39.8 Å². The number of benzene rings is 1. The van der Waals surface area contributed by atoms with Crippen molar-refractivity contribution in [1.82, 2.24) is 0 Å². The fourth-order valence-corrected chi connectivity index (χ4v) is 1.45. The van der Waals surface area contributed by atoms with Crippen LogP contribution in [-0.4, -0.2) is 5.78 Å². The molecule has 1 nitrogen and oxygen atoms in total. The number of carbonyl (C=O) groups excluding carboxylic acids is 1. The number of aryl methyl sites for hydroxylation is 2. The predicted octanol–water partition coefficient (Wildman–Crippen LogP) is 3.14. The van der Waals surface area contributed by atoms with Crippen LogP contribution in [0.15, 0.2) is 18.2 Å². The molecule has 0 bridgehead atoms. The van der Waals surface area contributed by atoms with Crippen LogP contribution in [-0.2, 0) is 0 Å². The van der Waals surface area contributed by atoms with Crippen LogP contribution < -0.4 is 0 Å². The average molecular weight is 176 g/mol. The van der Waals surface area contributed by atoms with Crippen LogP contribution in [0, 0.1) is 19.8 Å². The molecular formula is C12H16O. The molecule has 0 spiro atoms. The molecule has 0 heterocycles. The van der Waals surface area contributed by atoms with Crippen LogP contribution in [0.3, 0.4) is 0 Å². The molecule has 1 rings (SSSR count). The summed E-state index contributed by atoms with van der Waals surface area (Å²) in [5.41, 5.74) is 3.15. The maximum atomic E-state index is 11.6. The van der Waals surface area contributed by atoms with Crippen LogP contribution in [0.4, 0.5) is 0 Å². The molecule has 0 amide bonds. The highest BCUT2D eigenvalue weighted by Gasteiger charge is 2.10. The Morgan fingerprint density at radius 1 is 1.08 bits per heavy atom. The molecule has 1 aromatic carbocycles. The van der Waals surface area contributed by atoms with Gasteiger partial charge in [-0.25, -0.2) is 0 Å². The highest BCUT2D eigenvalue weighted by molar-refractivity contribution is 5.97. The SMILES string of the molecule is Cc1cc(C)cc(C(=O)C(C)C)c1. The quantitative estimate of drug-likeness (QED) is 0.633. The van der Waals surface area contributed by atoms with Crippen molar-refractivity contribution in [1.29, 1.82) is 0 Å². The molecule has 0 unspecified atom stereocenters. The molecule has 0 saturated carbocycles. The van der Waals surface area contributed by atoms with Gasteiger partial charge in [0.05, 0.1) is 0 Å². The van der Waals surface area contributed by atoms with Gasteiger partial charge in [-0.2, -0.15) is 0 Å². The number of rotatable bonds is 2. The molecule has 0 fully saturated rings. The zero-order chi connectivity index (χ0) is 10.0. The van der Waals surface area contributed by atoms with Crippen LogP contribution in [0.1, 0.15) is 35.3 Å². The van der Waals surface area contributed by atoms with Gasteiger partial charge < -0.3 is 0 Å². The van der Waals surface area contributed by atoms with E-state index in [1.165, 1.54) is 0 Å². The van der Waals surface area contributed by atoms with Gasteiger partial charge in [-0.15, -0.1) is 0 Å². The molecule has 0 saturated heterocycles.